The number of rotatable bonds is 6. The molecule has 1 unspecified atom stereocenters. The average molecular weight is 314 g/mol. The van der Waals surface area contributed by atoms with Crippen LogP contribution in [0.2, 0.25) is 0 Å². The van der Waals surface area contributed by atoms with E-state index in [9.17, 15) is 14.7 Å². The quantitative estimate of drug-likeness (QED) is 0.707. The SMILES string of the molecule is CC(O)CCn1nnc(C(=O)O)c1CNC(=O)OC(C)(C)C. The number of alkyl carbamates (subject to hydrolysis) is 1. The fourth-order valence-electron chi connectivity index (χ4n) is 1.63. The number of hydrogen-bond donors (Lipinski definition) is 3. The molecule has 3 N–H and O–H groups in total. The van der Waals surface area contributed by atoms with E-state index in [1.807, 2.05) is 0 Å². The van der Waals surface area contributed by atoms with E-state index in [1.54, 1.807) is 27.7 Å². The predicted octanol–water partition coefficient (Wildman–Crippen LogP) is 0.772. The standard InChI is InChI=1S/C13H22N4O5/c1-8(18)5-6-17-9(10(11(19)20)15-16-17)7-14-12(21)22-13(2,3)4/h8,18H,5-7H2,1-4H3,(H,14,21)(H,19,20). The van der Waals surface area contributed by atoms with E-state index in [-0.39, 0.29) is 17.9 Å². The van der Waals surface area contributed by atoms with Crippen molar-refractivity contribution in [2.75, 3.05) is 0 Å². The lowest BCUT2D eigenvalue weighted by atomic mass is 10.2. The Morgan fingerprint density at radius 1 is 1.41 bits per heavy atom. The van der Waals surface area contributed by atoms with Gasteiger partial charge in [0.05, 0.1) is 18.3 Å². The van der Waals surface area contributed by atoms with Crippen LogP contribution in [-0.4, -0.2) is 49.0 Å². The van der Waals surface area contributed by atoms with Crippen LogP contribution in [0.3, 0.4) is 0 Å². The largest absolute Gasteiger partial charge is 0.476 e. The molecule has 1 heterocycles. The molecule has 0 aliphatic rings. The first-order valence-corrected chi connectivity index (χ1v) is 6.90. The van der Waals surface area contributed by atoms with Crippen molar-refractivity contribution < 1.29 is 24.5 Å². The minimum atomic E-state index is -1.23. The van der Waals surface area contributed by atoms with Crippen LogP contribution < -0.4 is 5.32 Å². The summed E-state index contributed by atoms with van der Waals surface area (Å²) in [5.74, 6) is -1.23. The number of aromatic carboxylic acids is 1. The lowest BCUT2D eigenvalue weighted by molar-refractivity contribution is 0.0519. The Hall–Kier alpha value is -2.16. The highest BCUT2D eigenvalue weighted by Gasteiger charge is 2.21. The van der Waals surface area contributed by atoms with Crippen molar-refractivity contribution in [3.8, 4) is 0 Å². The van der Waals surface area contributed by atoms with E-state index in [2.05, 4.69) is 15.6 Å². The molecule has 1 rings (SSSR count). The van der Waals surface area contributed by atoms with Gasteiger partial charge in [0.25, 0.3) is 0 Å². The smallest absolute Gasteiger partial charge is 0.407 e. The second kappa shape index (κ2) is 7.21. The molecule has 124 valence electrons. The predicted molar refractivity (Wildman–Crippen MR) is 76.4 cm³/mol. The van der Waals surface area contributed by atoms with Crippen LogP contribution >= 0.6 is 0 Å². The van der Waals surface area contributed by atoms with Crippen LogP contribution in [-0.2, 0) is 17.8 Å². The summed E-state index contributed by atoms with van der Waals surface area (Å²) in [6, 6.07) is 0. The van der Waals surface area contributed by atoms with Crippen molar-refractivity contribution in [3.05, 3.63) is 11.4 Å². The number of nitrogens with one attached hydrogen (secondary N) is 1. The molecule has 0 saturated carbocycles. The van der Waals surface area contributed by atoms with Crippen LogP contribution in [0.4, 0.5) is 4.79 Å². The van der Waals surface area contributed by atoms with Gasteiger partial charge in [0, 0.05) is 6.54 Å². The molecule has 0 fully saturated rings. The summed E-state index contributed by atoms with van der Waals surface area (Å²) in [6.07, 6.45) is -0.821. The van der Waals surface area contributed by atoms with Gasteiger partial charge in [-0.25, -0.2) is 14.3 Å². The number of carboxylic acid groups (broad SMARTS) is 1. The summed E-state index contributed by atoms with van der Waals surface area (Å²) in [7, 11) is 0. The number of aromatic nitrogens is 3. The number of aliphatic hydroxyl groups excluding tert-OH is 1. The second-order valence-corrected chi connectivity index (χ2v) is 5.91. The molecule has 0 radical (unpaired) electrons. The van der Waals surface area contributed by atoms with Gasteiger partial charge in [0.2, 0.25) is 0 Å². The first-order chi connectivity index (χ1) is 10.1. The molecule has 0 saturated heterocycles. The Balaban J connectivity index is 2.80. The van der Waals surface area contributed by atoms with Gasteiger partial charge in [-0.2, -0.15) is 0 Å². The van der Waals surface area contributed by atoms with Crippen molar-refractivity contribution in [2.24, 2.45) is 0 Å². The number of nitrogens with zero attached hydrogens (tertiary/aromatic N) is 3. The maximum atomic E-state index is 11.6. The zero-order valence-electron chi connectivity index (χ0n) is 13.2. The normalized spacial score (nSPS) is 12.8. The monoisotopic (exact) mass is 314 g/mol. The van der Waals surface area contributed by atoms with E-state index in [1.165, 1.54) is 4.68 Å². The highest BCUT2D eigenvalue weighted by molar-refractivity contribution is 5.86. The van der Waals surface area contributed by atoms with Crippen LogP contribution in [0.5, 0.6) is 0 Å². The Kier molecular flexibility index (Phi) is 5.86. The first-order valence-electron chi connectivity index (χ1n) is 6.90. The van der Waals surface area contributed by atoms with Crippen LogP contribution in [0, 0.1) is 0 Å². The highest BCUT2D eigenvalue weighted by atomic mass is 16.6. The van der Waals surface area contributed by atoms with E-state index in [0.29, 0.717) is 13.0 Å². The van der Waals surface area contributed by atoms with Crippen molar-refractivity contribution >= 4 is 12.1 Å². The molecule has 1 aromatic rings. The van der Waals surface area contributed by atoms with Gasteiger partial charge in [-0.1, -0.05) is 5.21 Å². The molecule has 0 spiro atoms. The number of carboxylic acids is 1. The molecule has 0 aliphatic heterocycles. The number of ether oxygens (including phenoxy) is 1. The maximum absolute atomic E-state index is 11.6. The molecule has 0 aromatic carbocycles. The van der Waals surface area contributed by atoms with E-state index in [0.717, 1.165) is 0 Å². The Morgan fingerprint density at radius 3 is 2.55 bits per heavy atom. The maximum Gasteiger partial charge on any atom is 0.407 e. The van der Waals surface area contributed by atoms with Gasteiger partial charge < -0.3 is 20.3 Å². The van der Waals surface area contributed by atoms with E-state index in [4.69, 9.17) is 9.84 Å². The minimum absolute atomic E-state index is 0.0800. The zero-order valence-corrected chi connectivity index (χ0v) is 13.2. The molecule has 0 bridgehead atoms. The molecule has 9 nitrogen and oxygen atoms in total. The summed E-state index contributed by atoms with van der Waals surface area (Å²) in [6.45, 7) is 7.01. The van der Waals surface area contributed by atoms with Gasteiger partial charge in [-0.15, -0.1) is 5.10 Å². The van der Waals surface area contributed by atoms with Gasteiger partial charge in [-0.05, 0) is 34.1 Å². The number of carbonyl (C=O) groups excluding carboxylic acids is 1. The third-order valence-electron chi connectivity index (χ3n) is 2.60. The third-order valence-corrected chi connectivity index (χ3v) is 2.60. The molecule has 9 heteroatoms. The third kappa shape index (κ3) is 5.68. The van der Waals surface area contributed by atoms with Crippen LogP contribution in [0.25, 0.3) is 0 Å². The van der Waals surface area contributed by atoms with E-state index < -0.39 is 23.8 Å². The topological polar surface area (TPSA) is 127 Å². The Bertz CT molecular complexity index is 533. The number of aliphatic hydroxyl groups is 1. The zero-order chi connectivity index (χ0) is 16.9. The lowest BCUT2D eigenvalue weighted by Crippen LogP contribution is -2.33. The van der Waals surface area contributed by atoms with Crippen molar-refractivity contribution in [3.63, 3.8) is 0 Å². The molecule has 1 atom stereocenters. The first kappa shape index (κ1) is 17.9. The summed E-state index contributed by atoms with van der Waals surface area (Å²) in [5.41, 5.74) is -0.634. The highest BCUT2D eigenvalue weighted by Crippen LogP contribution is 2.10. The molecule has 0 aliphatic carbocycles. The fraction of sp³-hybridized carbons (Fsp3) is 0.692. The van der Waals surface area contributed by atoms with E-state index >= 15 is 0 Å². The summed E-state index contributed by atoms with van der Waals surface area (Å²) in [5, 5.41) is 28.2. The molecule has 1 aromatic heterocycles. The van der Waals surface area contributed by atoms with Crippen molar-refractivity contribution in [1.82, 2.24) is 20.3 Å². The molecular weight excluding hydrogens is 292 g/mol. The van der Waals surface area contributed by atoms with Crippen molar-refractivity contribution in [1.29, 1.82) is 0 Å². The van der Waals surface area contributed by atoms with Crippen LogP contribution in [0.15, 0.2) is 0 Å². The Morgan fingerprint density at radius 2 is 2.05 bits per heavy atom. The number of amides is 1. The van der Waals surface area contributed by atoms with Gasteiger partial charge >= 0.3 is 12.1 Å². The number of hydrogen-bond acceptors (Lipinski definition) is 6. The molecular formula is C13H22N4O5. The number of aryl methyl sites for hydroxylation is 1. The molecule has 22 heavy (non-hydrogen) atoms. The summed E-state index contributed by atoms with van der Waals surface area (Å²) in [4.78, 5) is 22.8. The molecule has 1 amide bonds. The number of carbonyl (C=O) groups is 2. The van der Waals surface area contributed by atoms with Gasteiger partial charge in [0.15, 0.2) is 5.69 Å². The second-order valence-electron chi connectivity index (χ2n) is 5.91. The summed E-state index contributed by atoms with van der Waals surface area (Å²) < 4.78 is 6.44. The van der Waals surface area contributed by atoms with Gasteiger partial charge in [-0.3, -0.25) is 0 Å². The van der Waals surface area contributed by atoms with Crippen molar-refractivity contribution in [2.45, 2.75) is 58.9 Å². The summed E-state index contributed by atoms with van der Waals surface area (Å²) >= 11 is 0. The average Bonchev–Trinajstić information content (AvgIpc) is 2.74. The van der Waals surface area contributed by atoms with Crippen LogP contribution in [0.1, 0.15) is 50.3 Å². The lowest BCUT2D eigenvalue weighted by Gasteiger charge is -2.19. The fourth-order valence-corrected chi connectivity index (χ4v) is 1.63. The van der Waals surface area contributed by atoms with Gasteiger partial charge in [0.1, 0.15) is 5.60 Å². The minimum Gasteiger partial charge on any atom is -0.476 e. The Labute approximate surface area is 128 Å².